The monoisotopic (exact) mass is 286 g/mol. The van der Waals surface area contributed by atoms with Gasteiger partial charge in [0, 0.05) is 19.3 Å². The average molecular weight is 286 g/mol. The highest BCUT2D eigenvalue weighted by Crippen LogP contribution is 2.28. The van der Waals surface area contributed by atoms with Crippen LogP contribution in [0.2, 0.25) is 0 Å². The Morgan fingerprint density at radius 3 is 2.30 bits per heavy atom. The minimum absolute atomic E-state index is 0.0688. The molecule has 1 aromatic heterocycles. The molecule has 0 saturated carbocycles. The molecule has 2 unspecified atom stereocenters. The maximum Gasteiger partial charge on any atom is 0.417 e. The first-order valence-corrected chi connectivity index (χ1v) is 6.60. The molecule has 2 atom stereocenters. The zero-order chi connectivity index (χ0) is 14.9. The van der Waals surface area contributed by atoms with E-state index in [2.05, 4.69) is 18.8 Å². The number of halogens is 3. The number of aromatic nitrogens is 1. The van der Waals surface area contributed by atoms with Gasteiger partial charge in [-0.15, -0.1) is 0 Å². The van der Waals surface area contributed by atoms with Crippen molar-refractivity contribution in [3.8, 4) is 0 Å². The summed E-state index contributed by atoms with van der Waals surface area (Å²) in [6.07, 6.45) is -2.66. The fourth-order valence-corrected chi connectivity index (χ4v) is 2.68. The Morgan fingerprint density at radius 1 is 1.25 bits per heavy atom. The summed E-state index contributed by atoms with van der Waals surface area (Å²) in [6.45, 7) is 5.39. The molecule has 2 heterocycles. The zero-order valence-electron chi connectivity index (χ0n) is 11.4. The van der Waals surface area contributed by atoms with E-state index in [0.29, 0.717) is 31.1 Å². The minimum Gasteiger partial charge on any atom is -0.337 e. The van der Waals surface area contributed by atoms with Gasteiger partial charge in [0.1, 0.15) is 5.69 Å². The first-order chi connectivity index (χ1) is 9.27. The molecular weight excluding hydrogens is 269 g/mol. The van der Waals surface area contributed by atoms with Crippen molar-refractivity contribution >= 4 is 5.91 Å². The quantitative estimate of drug-likeness (QED) is 0.794. The first kappa shape index (κ1) is 14.8. The van der Waals surface area contributed by atoms with Crippen molar-refractivity contribution in [1.29, 1.82) is 0 Å². The maximum absolute atomic E-state index is 12.4. The lowest BCUT2D eigenvalue weighted by molar-refractivity contribution is -0.137. The van der Waals surface area contributed by atoms with E-state index in [1.165, 1.54) is 0 Å². The van der Waals surface area contributed by atoms with Crippen molar-refractivity contribution in [3.05, 3.63) is 29.6 Å². The Labute approximate surface area is 115 Å². The molecule has 1 saturated heterocycles. The van der Waals surface area contributed by atoms with E-state index in [1.807, 2.05) is 0 Å². The zero-order valence-corrected chi connectivity index (χ0v) is 11.4. The highest BCUT2D eigenvalue weighted by atomic mass is 19.4. The fourth-order valence-electron chi connectivity index (χ4n) is 2.68. The molecule has 0 aromatic carbocycles. The topological polar surface area (TPSA) is 33.2 Å². The van der Waals surface area contributed by atoms with Gasteiger partial charge in [-0.05, 0) is 30.4 Å². The van der Waals surface area contributed by atoms with Crippen molar-refractivity contribution < 1.29 is 18.0 Å². The third-order valence-electron chi connectivity index (χ3n) is 3.47. The predicted octanol–water partition coefficient (Wildman–Crippen LogP) is 3.22. The largest absolute Gasteiger partial charge is 0.417 e. The molecule has 1 aliphatic heterocycles. The number of carbonyl (C=O) groups excluding carboxylic acids is 1. The maximum atomic E-state index is 12.4. The van der Waals surface area contributed by atoms with Crippen LogP contribution in [0.15, 0.2) is 18.3 Å². The second-order valence-corrected chi connectivity index (χ2v) is 5.59. The van der Waals surface area contributed by atoms with Crippen molar-refractivity contribution in [2.45, 2.75) is 26.4 Å². The van der Waals surface area contributed by atoms with Crippen molar-refractivity contribution in [2.24, 2.45) is 11.8 Å². The highest BCUT2D eigenvalue weighted by Gasteiger charge is 2.32. The third kappa shape index (κ3) is 3.29. The van der Waals surface area contributed by atoms with E-state index in [-0.39, 0.29) is 11.6 Å². The van der Waals surface area contributed by atoms with Crippen molar-refractivity contribution in [3.63, 3.8) is 0 Å². The van der Waals surface area contributed by atoms with Crippen LogP contribution < -0.4 is 0 Å². The summed E-state index contributed by atoms with van der Waals surface area (Å²) < 4.78 is 37.3. The van der Waals surface area contributed by atoms with Crippen LogP contribution in [0.4, 0.5) is 13.2 Å². The van der Waals surface area contributed by atoms with Crippen LogP contribution in [0.1, 0.15) is 36.3 Å². The van der Waals surface area contributed by atoms with E-state index < -0.39 is 11.7 Å². The summed E-state index contributed by atoms with van der Waals surface area (Å²) in [7, 11) is 0. The number of amides is 1. The van der Waals surface area contributed by atoms with Gasteiger partial charge < -0.3 is 4.90 Å². The molecule has 110 valence electrons. The van der Waals surface area contributed by atoms with Crippen molar-refractivity contribution in [1.82, 2.24) is 9.88 Å². The molecular formula is C14H17F3N2O. The van der Waals surface area contributed by atoms with E-state index in [0.717, 1.165) is 18.6 Å². The van der Waals surface area contributed by atoms with Gasteiger partial charge >= 0.3 is 6.18 Å². The molecule has 0 spiro atoms. The van der Waals surface area contributed by atoms with Gasteiger partial charge in [-0.3, -0.25) is 9.78 Å². The molecule has 6 heteroatoms. The molecule has 1 amide bonds. The summed E-state index contributed by atoms with van der Waals surface area (Å²) >= 11 is 0. The summed E-state index contributed by atoms with van der Waals surface area (Å²) in [5.74, 6) is 0.506. The number of hydrogen-bond acceptors (Lipinski definition) is 2. The second kappa shape index (κ2) is 5.42. The smallest absolute Gasteiger partial charge is 0.337 e. The lowest BCUT2D eigenvalue weighted by Crippen LogP contribution is -2.42. The molecule has 1 aliphatic rings. The van der Waals surface area contributed by atoms with Gasteiger partial charge in [-0.1, -0.05) is 13.8 Å². The second-order valence-electron chi connectivity index (χ2n) is 5.59. The Morgan fingerprint density at radius 2 is 1.85 bits per heavy atom. The number of carbonyl (C=O) groups is 1. The van der Waals surface area contributed by atoms with Gasteiger partial charge in [-0.25, -0.2) is 0 Å². The summed E-state index contributed by atoms with van der Waals surface area (Å²) in [5.41, 5.74) is -0.770. The van der Waals surface area contributed by atoms with Crippen LogP contribution in [-0.2, 0) is 6.18 Å². The number of nitrogens with zero attached hydrogens (tertiary/aromatic N) is 2. The standard InChI is InChI=1S/C14H17F3N2O/c1-9-5-10(2)8-19(7-9)13(20)12-4-3-11(6-18-12)14(15,16)17/h3-4,6,9-10H,5,7-8H2,1-2H3. The molecule has 1 fully saturated rings. The van der Waals surface area contributed by atoms with E-state index >= 15 is 0 Å². The molecule has 0 bridgehead atoms. The lowest BCUT2D eigenvalue weighted by Gasteiger charge is -2.34. The minimum atomic E-state index is -4.43. The van der Waals surface area contributed by atoms with Gasteiger partial charge in [0.05, 0.1) is 5.56 Å². The number of likely N-dealkylation sites (tertiary alicyclic amines) is 1. The normalized spacial score (nSPS) is 23.8. The van der Waals surface area contributed by atoms with Crippen LogP contribution in [-0.4, -0.2) is 28.9 Å². The molecule has 3 nitrogen and oxygen atoms in total. The van der Waals surface area contributed by atoms with E-state index in [4.69, 9.17) is 0 Å². The third-order valence-corrected chi connectivity index (χ3v) is 3.47. The van der Waals surface area contributed by atoms with Gasteiger partial charge in [0.15, 0.2) is 0 Å². The number of alkyl halides is 3. The Balaban J connectivity index is 2.13. The summed E-state index contributed by atoms with van der Waals surface area (Å²) in [4.78, 5) is 17.6. The molecule has 0 aliphatic carbocycles. The van der Waals surface area contributed by atoms with Crippen LogP contribution in [0.5, 0.6) is 0 Å². The van der Waals surface area contributed by atoms with Crippen LogP contribution in [0.25, 0.3) is 0 Å². The van der Waals surface area contributed by atoms with Crippen molar-refractivity contribution in [2.75, 3.05) is 13.1 Å². The summed E-state index contributed by atoms with van der Waals surface area (Å²) in [6, 6.07) is 2.05. The fraction of sp³-hybridized carbons (Fsp3) is 0.571. The van der Waals surface area contributed by atoms with Gasteiger partial charge in [0.2, 0.25) is 0 Å². The Hall–Kier alpha value is -1.59. The number of piperidine rings is 1. The Kier molecular flexibility index (Phi) is 4.01. The van der Waals surface area contributed by atoms with Gasteiger partial charge in [-0.2, -0.15) is 13.2 Å². The highest BCUT2D eigenvalue weighted by molar-refractivity contribution is 5.92. The molecule has 0 radical (unpaired) electrons. The predicted molar refractivity (Wildman–Crippen MR) is 68.1 cm³/mol. The number of rotatable bonds is 1. The number of hydrogen-bond donors (Lipinski definition) is 0. The van der Waals surface area contributed by atoms with Crippen LogP contribution >= 0.6 is 0 Å². The van der Waals surface area contributed by atoms with Gasteiger partial charge in [0.25, 0.3) is 5.91 Å². The first-order valence-electron chi connectivity index (χ1n) is 6.60. The average Bonchev–Trinajstić information content (AvgIpc) is 2.36. The van der Waals surface area contributed by atoms with Crippen LogP contribution in [0.3, 0.4) is 0 Å². The van der Waals surface area contributed by atoms with E-state index in [9.17, 15) is 18.0 Å². The molecule has 2 rings (SSSR count). The Bertz CT molecular complexity index is 474. The van der Waals surface area contributed by atoms with Crippen LogP contribution in [0, 0.1) is 11.8 Å². The molecule has 20 heavy (non-hydrogen) atoms. The lowest BCUT2D eigenvalue weighted by atomic mass is 9.92. The van der Waals surface area contributed by atoms with E-state index in [1.54, 1.807) is 4.90 Å². The SMILES string of the molecule is CC1CC(C)CN(C(=O)c2ccc(C(F)(F)F)cn2)C1. The number of pyridine rings is 1. The summed E-state index contributed by atoms with van der Waals surface area (Å²) in [5, 5.41) is 0. The molecule has 1 aromatic rings. The molecule has 0 N–H and O–H groups in total.